The summed E-state index contributed by atoms with van der Waals surface area (Å²) in [6.45, 7) is 1.37. The molecule has 0 spiro atoms. The van der Waals surface area contributed by atoms with Crippen LogP contribution in [0, 0.1) is 5.92 Å². The van der Waals surface area contributed by atoms with Gasteiger partial charge in [-0.15, -0.1) is 0 Å². The summed E-state index contributed by atoms with van der Waals surface area (Å²) in [6, 6.07) is 13.4. The van der Waals surface area contributed by atoms with Gasteiger partial charge in [0.05, 0.1) is 0 Å². The molecule has 1 saturated heterocycles. The van der Waals surface area contributed by atoms with Crippen LogP contribution in [0.1, 0.15) is 24.8 Å². The molecule has 1 nitrogen and oxygen atoms in total. The fourth-order valence-corrected chi connectivity index (χ4v) is 2.92. The van der Waals surface area contributed by atoms with E-state index in [4.69, 9.17) is 4.74 Å². The first-order valence-corrected chi connectivity index (χ1v) is 7.35. The van der Waals surface area contributed by atoms with Crippen LogP contribution in [0.3, 0.4) is 0 Å². The van der Waals surface area contributed by atoms with Crippen molar-refractivity contribution in [2.75, 3.05) is 13.2 Å². The van der Waals surface area contributed by atoms with E-state index in [2.05, 4.69) is 0 Å². The lowest BCUT2D eigenvalue weighted by molar-refractivity contribution is 0.0677. The highest BCUT2D eigenvalue weighted by molar-refractivity contribution is 5.86. The SMILES string of the molecule is FC(F)=C(CC1CCOCC1)c1ccc2ccccc2c1. The zero-order valence-electron chi connectivity index (χ0n) is 11.8. The van der Waals surface area contributed by atoms with E-state index in [0.717, 1.165) is 23.6 Å². The van der Waals surface area contributed by atoms with Crippen molar-refractivity contribution in [3.8, 4) is 0 Å². The maximum Gasteiger partial charge on any atom is 0.274 e. The van der Waals surface area contributed by atoms with Crippen molar-refractivity contribution in [1.29, 1.82) is 0 Å². The summed E-state index contributed by atoms with van der Waals surface area (Å²) < 4.78 is 32.1. The van der Waals surface area contributed by atoms with E-state index in [1.165, 1.54) is 0 Å². The monoisotopic (exact) mass is 288 g/mol. The van der Waals surface area contributed by atoms with Crippen LogP contribution < -0.4 is 0 Å². The molecule has 0 atom stereocenters. The molecule has 1 heterocycles. The smallest absolute Gasteiger partial charge is 0.274 e. The summed E-state index contributed by atoms with van der Waals surface area (Å²) >= 11 is 0. The van der Waals surface area contributed by atoms with E-state index in [1.54, 1.807) is 6.07 Å². The second kappa shape index (κ2) is 6.35. The third kappa shape index (κ3) is 3.30. The zero-order chi connectivity index (χ0) is 14.7. The van der Waals surface area contributed by atoms with Gasteiger partial charge in [0.1, 0.15) is 0 Å². The summed E-state index contributed by atoms with van der Waals surface area (Å²) in [5.74, 6) is 0.293. The average molecular weight is 288 g/mol. The van der Waals surface area contributed by atoms with Gasteiger partial charge >= 0.3 is 0 Å². The number of rotatable bonds is 3. The molecule has 21 heavy (non-hydrogen) atoms. The van der Waals surface area contributed by atoms with Gasteiger partial charge in [0, 0.05) is 18.8 Å². The predicted octanol–water partition coefficient (Wildman–Crippen LogP) is 5.26. The van der Waals surface area contributed by atoms with Crippen LogP contribution in [-0.2, 0) is 4.74 Å². The van der Waals surface area contributed by atoms with Crippen molar-refractivity contribution < 1.29 is 13.5 Å². The standard InChI is InChI=1S/C18H18F2O/c19-18(20)17(11-13-7-9-21-10-8-13)16-6-5-14-3-1-2-4-15(14)12-16/h1-6,12-13H,7-11H2. The highest BCUT2D eigenvalue weighted by Gasteiger charge is 2.19. The van der Waals surface area contributed by atoms with Crippen LogP contribution in [0.5, 0.6) is 0 Å². The van der Waals surface area contributed by atoms with E-state index in [9.17, 15) is 8.78 Å². The summed E-state index contributed by atoms with van der Waals surface area (Å²) in [7, 11) is 0. The number of hydrogen-bond donors (Lipinski definition) is 0. The van der Waals surface area contributed by atoms with E-state index in [1.807, 2.05) is 36.4 Å². The minimum Gasteiger partial charge on any atom is -0.381 e. The van der Waals surface area contributed by atoms with Crippen molar-refractivity contribution in [2.24, 2.45) is 5.92 Å². The van der Waals surface area contributed by atoms with E-state index in [-0.39, 0.29) is 5.57 Å². The summed E-state index contributed by atoms with van der Waals surface area (Å²) in [6.07, 6.45) is 0.607. The second-order valence-corrected chi connectivity index (χ2v) is 5.56. The summed E-state index contributed by atoms with van der Waals surface area (Å²) in [4.78, 5) is 0. The van der Waals surface area contributed by atoms with E-state index in [0.29, 0.717) is 31.1 Å². The third-order valence-electron chi connectivity index (χ3n) is 4.16. The first-order chi connectivity index (χ1) is 10.2. The van der Waals surface area contributed by atoms with Crippen LogP contribution >= 0.6 is 0 Å². The van der Waals surface area contributed by atoms with Crippen LogP contribution in [0.4, 0.5) is 8.78 Å². The predicted molar refractivity (Wildman–Crippen MR) is 81.2 cm³/mol. The Balaban J connectivity index is 1.90. The van der Waals surface area contributed by atoms with Gasteiger partial charge in [-0.2, -0.15) is 8.78 Å². The van der Waals surface area contributed by atoms with Crippen molar-refractivity contribution >= 4 is 16.3 Å². The molecule has 2 aromatic rings. The van der Waals surface area contributed by atoms with Crippen LogP contribution in [0.2, 0.25) is 0 Å². The summed E-state index contributed by atoms with van der Waals surface area (Å²) in [5, 5.41) is 2.08. The largest absolute Gasteiger partial charge is 0.381 e. The minimum atomic E-state index is -1.56. The normalized spacial score (nSPS) is 16.1. The number of ether oxygens (including phenoxy) is 1. The molecule has 1 aliphatic rings. The van der Waals surface area contributed by atoms with Gasteiger partial charge in [-0.1, -0.05) is 36.4 Å². The zero-order valence-corrected chi connectivity index (χ0v) is 11.8. The number of hydrogen-bond acceptors (Lipinski definition) is 1. The molecule has 0 N–H and O–H groups in total. The molecule has 0 unspecified atom stereocenters. The van der Waals surface area contributed by atoms with Gasteiger partial charge in [-0.05, 0) is 47.6 Å². The van der Waals surface area contributed by atoms with Gasteiger partial charge in [0.25, 0.3) is 6.08 Å². The maximum atomic E-state index is 13.4. The van der Waals surface area contributed by atoms with Crippen LogP contribution in [0.25, 0.3) is 16.3 Å². The number of fused-ring (bicyclic) bond motifs is 1. The highest BCUT2D eigenvalue weighted by Crippen LogP contribution is 2.33. The lowest BCUT2D eigenvalue weighted by Crippen LogP contribution is -2.16. The fraction of sp³-hybridized carbons (Fsp3) is 0.333. The number of benzene rings is 2. The molecule has 1 fully saturated rings. The molecular formula is C18H18F2O. The molecule has 0 aliphatic carbocycles. The first kappa shape index (κ1) is 14.2. The summed E-state index contributed by atoms with van der Waals surface area (Å²) in [5.41, 5.74) is 0.827. The topological polar surface area (TPSA) is 9.23 Å². The lowest BCUT2D eigenvalue weighted by atomic mass is 9.89. The number of allylic oxidation sites excluding steroid dienone is 1. The number of halogens is 2. The minimum absolute atomic E-state index is 0.188. The molecule has 2 aromatic carbocycles. The second-order valence-electron chi connectivity index (χ2n) is 5.56. The lowest BCUT2D eigenvalue weighted by Gasteiger charge is -2.23. The van der Waals surface area contributed by atoms with Gasteiger partial charge in [0.2, 0.25) is 0 Å². The van der Waals surface area contributed by atoms with E-state index >= 15 is 0 Å². The van der Waals surface area contributed by atoms with Gasteiger partial charge < -0.3 is 4.74 Å². The van der Waals surface area contributed by atoms with Crippen molar-refractivity contribution in [3.63, 3.8) is 0 Å². The first-order valence-electron chi connectivity index (χ1n) is 7.35. The van der Waals surface area contributed by atoms with Gasteiger partial charge in [-0.25, -0.2) is 0 Å². The molecule has 0 saturated carbocycles. The van der Waals surface area contributed by atoms with Crippen molar-refractivity contribution in [2.45, 2.75) is 19.3 Å². The Hall–Kier alpha value is -1.74. The van der Waals surface area contributed by atoms with Gasteiger partial charge in [0.15, 0.2) is 0 Å². The van der Waals surface area contributed by atoms with Crippen LogP contribution in [-0.4, -0.2) is 13.2 Å². The molecule has 3 rings (SSSR count). The fourth-order valence-electron chi connectivity index (χ4n) is 2.92. The van der Waals surface area contributed by atoms with E-state index < -0.39 is 6.08 Å². The Labute approximate surface area is 123 Å². The third-order valence-corrected chi connectivity index (χ3v) is 4.16. The Morgan fingerprint density at radius 3 is 2.43 bits per heavy atom. The molecule has 1 aliphatic heterocycles. The molecule has 0 radical (unpaired) electrons. The van der Waals surface area contributed by atoms with Crippen molar-refractivity contribution in [3.05, 3.63) is 54.1 Å². The molecule has 0 amide bonds. The van der Waals surface area contributed by atoms with Crippen molar-refractivity contribution in [1.82, 2.24) is 0 Å². The van der Waals surface area contributed by atoms with Gasteiger partial charge in [-0.3, -0.25) is 0 Å². The molecule has 3 heteroatoms. The molecular weight excluding hydrogens is 270 g/mol. The van der Waals surface area contributed by atoms with Crippen LogP contribution in [0.15, 0.2) is 48.5 Å². The Morgan fingerprint density at radius 1 is 1.00 bits per heavy atom. The Bertz CT molecular complexity index is 653. The molecule has 0 bridgehead atoms. The molecule has 110 valence electrons. The maximum absolute atomic E-state index is 13.4. The quantitative estimate of drug-likeness (QED) is 0.748. The Kier molecular flexibility index (Phi) is 4.30. The highest BCUT2D eigenvalue weighted by atomic mass is 19.3. The molecule has 0 aromatic heterocycles. The Morgan fingerprint density at radius 2 is 1.71 bits per heavy atom. The average Bonchev–Trinajstić information content (AvgIpc) is 2.53.